The van der Waals surface area contributed by atoms with Crippen molar-refractivity contribution >= 4 is 5.78 Å². The molecule has 0 bridgehead atoms. The maximum Gasteiger partial charge on any atom is 0.393 e. The van der Waals surface area contributed by atoms with Crippen molar-refractivity contribution in [2.24, 2.45) is 0 Å². The van der Waals surface area contributed by atoms with Crippen LogP contribution in [0.4, 0.5) is 26.3 Å². The average molecular weight is 262 g/mol. The van der Waals surface area contributed by atoms with Crippen LogP contribution in [0.15, 0.2) is 11.8 Å². The van der Waals surface area contributed by atoms with Crippen molar-refractivity contribution in [3.8, 4) is 0 Å². The number of ether oxygens (including phenoxy) is 1. The molecule has 0 radical (unpaired) electrons. The van der Waals surface area contributed by atoms with Gasteiger partial charge in [0.2, 0.25) is 0 Å². The molecule has 0 aliphatic carbocycles. The molecule has 0 saturated carbocycles. The highest BCUT2D eigenvalue weighted by molar-refractivity contribution is 5.90. The van der Waals surface area contributed by atoms with Crippen molar-refractivity contribution in [2.75, 3.05) is 0 Å². The zero-order chi connectivity index (χ0) is 13.3. The van der Waals surface area contributed by atoms with Crippen LogP contribution < -0.4 is 0 Å². The Morgan fingerprint density at radius 3 is 2.24 bits per heavy atom. The van der Waals surface area contributed by atoms with Gasteiger partial charge in [-0.25, -0.2) is 0 Å². The molecular weight excluding hydrogens is 254 g/mol. The Hall–Kier alpha value is -1.21. The van der Waals surface area contributed by atoms with E-state index in [1.807, 2.05) is 0 Å². The van der Waals surface area contributed by atoms with Crippen LogP contribution in [0.3, 0.4) is 0 Å². The first-order valence-corrected chi connectivity index (χ1v) is 4.61. The van der Waals surface area contributed by atoms with E-state index in [2.05, 4.69) is 4.74 Å². The molecule has 0 aromatic rings. The van der Waals surface area contributed by atoms with Crippen LogP contribution in [0.25, 0.3) is 0 Å². The molecule has 1 saturated heterocycles. The van der Waals surface area contributed by atoms with Gasteiger partial charge in [0, 0.05) is 12.5 Å². The highest BCUT2D eigenvalue weighted by Crippen LogP contribution is 2.37. The summed E-state index contributed by atoms with van der Waals surface area (Å²) in [5.41, 5.74) is 0. The Balaban J connectivity index is 2.33. The monoisotopic (exact) mass is 262 g/mol. The lowest BCUT2D eigenvalue weighted by molar-refractivity contribution is -0.141. The molecule has 1 rings (SSSR count). The molecule has 1 atom stereocenters. The van der Waals surface area contributed by atoms with E-state index in [1.54, 1.807) is 0 Å². The molecule has 1 unspecified atom stereocenters. The number of allylic oxidation sites excluding steroid dienone is 1. The molecule has 0 amide bonds. The minimum atomic E-state index is -4.45. The lowest BCUT2D eigenvalue weighted by atomic mass is 10.2. The third kappa shape index (κ3) is 6.18. The molecule has 0 aromatic carbocycles. The fourth-order valence-electron chi connectivity index (χ4n) is 1.11. The topological polar surface area (TPSA) is 29.6 Å². The zero-order valence-corrected chi connectivity index (χ0v) is 8.36. The Morgan fingerprint density at radius 2 is 1.76 bits per heavy atom. The van der Waals surface area contributed by atoms with Crippen molar-refractivity contribution < 1.29 is 35.9 Å². The highest BCUT2D eigenvalue weighted by atomic mass is 19.4. The summed E-state index contributed by atoms with van der Waals surface area (Å²) in [6, 6.07) is 0. The minimum absolute atomic E-state index is 0.200. The fraction of sp³-hybridized carbons (Fsp3) is 0.667. The summed E-state index contributed by atoms with van der Waals surface area (Å²) in [6.45, 7) is 0. The lowest BCUT2D eigenvalue weighted by Crippen LogP contribution is -2.11. The van der Waals surface area contributed by atoms with E-state index >= 15 is 0 Å². The standard InChI is InChI=1S/C9H8F6O2/c10-8(11,12)2-1-5(16)3-6-7(17-6)4-9(13,14)15/h3,7H,1-2,4H2. The quantitative estimate of drug-likeness (QED) is 0.442. The summed E-state index contributed by atoms with van der Waals surface area (Å²) in [5.74, 6) is -1.09. The van der Waals surface area contributed by atoms with Crippen LogP contribution >= 0.6 is 0 Å². The number of epoxide rings is 1. The minimum Gasteiger partial charge on any atom is -0.482 e. The highest BCUT2D eigenvalue weighted by Gasteiger charge is 2.44. The van der Waals surface area contributed by atoms with Gasteiger partial charge in [0.15, 0.2) is 11.9 Å². The van der Waals surface area contributed by atoms with Crippen LogP contribution in [-0.4, -0.2) is 24.2 Å². The number of ketones is 1. The maximum atomic E-state index is 11.8. The van der Waals surface area contributed by atoms with Crippen LogP contribution in [0, 0.1) is 0 Å². The van der Waals surface area contributed by atoms with Gasteiger partial charge in [-0.1, -0.05) is 0 Å². The third-order valence-corrected chi connectivity index (χ3v) is 1.91. The largest absolute Gasteiger partial charge is 0.482 e. The molecule has 0 aromatic heterocycles. The summed E-state index contributed by atoms with van der Waals surface area (Å²) >= 11 is 0. The molecule has 1 heterocycles. The summed E-state index contributed by atoms with van der Waals surface area (Å²) in [5, 5.41) is 0. The van der Waals surface area contributed by atoms with E-state index in [-0.39, 0.29) is 5.76 Å². The third-order valence-electron chi connectivity index (χ3n) is 1.91. The van der Waals surface area contributed by atoms with E-state index in [9.17, 15) is 31.1 Å². The van der Waals surface area contributed by atoms with E-state index < -0.39 is 43.5 Å². The Bertz CT molecular complexity index is 327. The second-order valence-corrected chi connectivity index (χ2v) is 3.55. The Kier molecular flexibility index (Phi) is 3.73. The molecule has 0 spiro atoms. The van der Waals surface area contributed by atoms with Gasteiger partial charge in [0.25, 0.3) is 0 Å². The van der Waals surface area contributed by atoms with Crippen molar-refractivity contribution in [3.05, 3.63) is 11.8 Å². The number of alkyl halides is 6. The van der Waals surface area contributed by atoms with Gasteiger partial charge in [-0.3, -0.25) is 4.79 Å². The van der Waals surface area contributed by atoms with Gasteiger partial charge in [0.05, 0.1) is 12.8 Å². The second kappa shape index (κ2) is 4.58. The fourth-order valence-corrected chi connectivity index (χ4v) is 1.11. The average Bonchev–Trinajstić information content (AvgIpc) is 2.75. The lowest BCUT2D eigenvalue weighted by Gasteiger charge is -2.02. The molecule has 1 aliphatic heterocycles. The van der Waals surface area contributed by atoms with Gasteiger partial charge in [-0.05, 0) is 0 Å². The predicted octanol–water partition coefficient (Wildman–Crippen LogP) is 3.13. The SMILES string of the molecule is O=C(C=C1OC1CC(F)(F)F)CCC(F)(F)F. The first kappa shape index (κ1) is 13.9. The number of carbonyl (C=O) groups excluding carboxylic acids is 1. The van der Waals surface area contributed by atoms with Gasteiger partial charge in [-0.15, -0.1) is 0 Å². The van der Waals surface area contributed by atoms with Crippen LogP contribution in [0.1, 0.15) is 19.3 Å². The van der Waals surface area contributed by atoms with E-state index in [1.165, 1.54) is 0 Å². The van der Waals surface area contributed by atoms with Gasteiger partial charge < -0.3 is 4.74 Å². The van der Waals surface area contributed by atoms with Crippen LogP contribution in [0.2, 0.25) is 0 Å². The van der Waals surface area contributed by atoms with Crippen LogP contribution in [0.5, 0.6) is 0 Å². The molecule has 17 heavy (non-hydrogen) atoms. The normalized spacial score (nSPS) is 22.5. The second-order valence-electron chi connectivity index (χ2n) is 3.55. The zero-order valence-electron chi connectivity index (χ0n) is 8.36. The molecule has 98 valence electrons. The number of hydrogen-bond donors (Lipinski definition) is 0. The first-order chi connectivity index (χ1) is 7.57. The van der Waals surface area contributed by atoms with Gasteiger partial charge in [-0.2, -0.15) is 26.3 Å². The number of halogens is 6. The van der Waals surface area contributed by atoms with Gasteiger partial charge in [0.1, 0.15) is 5.76 Å². The predicted molar refractivity (Wildman–Crippen MR) is 43.9 cm³/mol. The summed E-state index contributed by atoms with van der Waals surface area (Å²) in [4.78, 5) is 10.9. The number of hydrogen-bond acceptors (Lipinski definition) is 2. The molecule has 0 N–H and O–H groups in total. The molecule has 8 heteroatoms. The molecule has 1 fully saturated rings. The molecular formula is C9H8F6O2. The molecule has 2 nitrogen and oxygen atoms in total. The van der Waals surface area contributed by atoms with E-state index in [4.69, 9.17) is 0 Å². The maximum absolute atomic E-state index is 11.8. The van der Waals surface area contributed by atoms with Crippen molar-refractivity contribution in [1.82, 2.24) is 0 Å². The van der Waals surface area contributed by atoms with Crippen molar-refractivity contribution in [2.45, 2.75) is 37.7 Å². The smallest absolute Gasteiger partial charge is 0.393 e. The van der Waals surface area contributed by atoms with Crippen molar-refractivity contribution in [1.29, 1.82) is 0 Å². The number of carbonyl (C=O) groups is 1. The molecule has 1 aliphatic rings. The van der Waals surface area contributed by atoms with Gasteiger partial charge >= 0.3 is 12.4 Å². The van der Waals surface area contributed by atoms with Crippen molar-refractivity contribution in [3.63, 3.8) is 0 Å². The van der Waals surface area contributed by atoms with E-state index in [0.29, 0.717) is 6.08 Å². The first-order valence-electron chi connectivity index (χ1n) is 4.61. The summed E-state index contributed by atoms with van der Waals surface area (Å²) in [6.07, 6.45) is -12.7. The summed E-state index contributed by atoms with van der Waals surface area (Å²) < 4.78 is 75.0. The van der Waals surface area contributed by atoms with Crippen LogP contribution in [-0.2, 0) is 9.53 Å². The summed E-state index contributed by atoms with van der Waals surface area (Å²) in [7, 11) is 0. The van der Waals surface area contributed by atoms with E-state index in [0.717, 1.165) is 0 Å². The Morgan fingerprint density at radius 1 is 1.18 bits per heavy atom. The Labute approximate surface area is 92.2 Å². The number of rotatable bonds is 4.